The van der Waals surface area contributed by atoms with Crippen LogP contribution in [0.3, 0.4) is 0 Å². The summed E-state index contributed by atoms with van der Waals surface area (Å²) in [7, 11) is 0. The van der Waals surface area contributed by atoms with Gasteiger partial charge in [0.2, 0.25) is 5.91 Å². The molecule has 0 saturated heterocycles. The van der Waals surface area contributed by atoms with Crippen LogP contribution in [0, 0.1) is 6.92 Å². The van der Waals surface area contributed by atoms with Gasteiger partial charge in [0.25, 0.3) is 5.91 Å². The minimum absolute atomic E-state index is 0.0819. The number of carbonyl (C=O) groups is 2. The molecule has 0 radical (unpaired) electrons. The molecule has 2 amide bonds. The van der Waals surface area contributed by atoms with Crippen LogP contribution in [-0.4, -0.2) is 21.9 Å². The Hall–Kier alpha value is -4.10. The molecule has 1 atom stereocenters. The molecule has 2 N–H and O–H groups in total. The molecule has 5 rings (SSSR count). The first-order chi connectivity index (χ1) is 18.0. The van der Waals surface area contributed by atoms with Crippen LogP contribution in [0.15, 0.2) is 112 Å². The summed E-state index contributed by atoms with van der Waals surface area (Å²) >= 11 is 1.48. The van der Waals surface area contributed by atoms with Crippen molar-refractivity contribution in [2.24, 2.45) is 4.99 Å². The van der Waals surface area contributed by atoms with E-state index in [1.54, 1.807) is 0 Å². The number of aliphatic imine (C=N–C) groups is 1. The first kappa shape index (κ1) is 24.6. The molecule has 0 fully saturated rings. The van der Waals surface area contributed by atoms with Crippen LogP contribution in [0.25, 0.3) is 0 Å². The Morgan fingerprint density at radius 1 is 0.946 bits per heavy atom. The number of benzene rings is 3. The van der Waals surface area contributed by atoms with Crippen molar-refractivity contribution in [2.75, 3.05) is 5.32 Å². The van der Waals surface area contributed by atoms with E-state index in [1.165, 1.54) is 11.8 Å². The Morgan fingerprint density at radius 2 is 1.68 bits per heavy atom. The molecule has 0 spiro atoms. The third-order valence-electron chi connectivity index (χ3n) is 6.31. The molecule has 3 aromatic rings. The van der Waals surface area contributed by atoms with Gasteiger partial charge in [-0.1, -0.05) is 90.1 Å². The van der Waals surface area contributed by atoms with Gasteiger partial charge in [-0.2, -0.15) is 0 Å². The van der Waals surface area contributed by atoms with E-state index in [0.29, 0.717) is 17.8 Å². The molecule has 0 aromatic heterocycles. The predicted molar refractivity (Wildman–Crippen MR) is 150 cm³/mol. The van der Waals surface area contributed by atoms with Crippen LogP contribution in [-0.2, 0) is 16.1 Å². The van der Waals surface area contributed by atoms with Gasteiger partial charge < -0.3 is 15.5 Å². The number of anilines is 1. The average molecular weight is 509 g/mol. The van der Waals surface area contributed by atoms with Crippen LogP contribution < -0.4 is 10.6 Å². The first-order valence-corrected chi connectivity index (χ1v) is 13.1. The lowest BCUT2D eigenvalue weighted by Crippen LogP contribution is -2.38. The molecular formula is C30H28N4O2S. The lowest BCUT2D eigenvalue weighted by atomic mass is 9.92. The molecule has 0 bridgehead atoms. The van der Waals surface area contributed by atoms with Crippen molar-refractivity contribution >= 4 is 34.4 Å². The monoisotopic (exact) mass is 508 g/mol. The topological polar surface area (TPSA) is 73.8 Å². The van der Waals surface area contributed by atoms with Gasteiger partial charge in [0.15, 0.2) is 5.17 Å². The molecule has 1 unspecified atom stereocenters. The summed E-state index contributed by atoms with van der Waals surface area (Å²) in [5.74, 6) is -0.288. The maximum absolute atomic E-state index is 13.7. The molecule has 2 aliphatic rings. The molecule has 0 saturated carbocycles. The van der Waals surface area contributed by atoms with Crippen molar-refractivity contribution in [3.63, 3.8) is 0 Å². The Bertz CT molecular complexity index is 1410. The minimum Gasteiger partial charge on any atom is -0.352 e. The van der Waals surface area contributed by atoms with Crippen molar-refractivity contribution in [3.05, 3.63) is 124 Å². The van der Waals surface area contributed by atoms with Gasteiger partial charge in [-0.25, -0.2) is 4.99 Å². The molecule has 0 aliphatic carbocycles. The zero-order valence-electron chi connectivity index (χ0n) is 20.8. The second-order valence-electron chi connectivity index (χ2n) is 9.07. The van der Waals surface area contributed by atoms with E-state index in [9.17, 15) is 9.59 Å². The number of rotatable bonds is 7. The highest BCUT2D eigenvalue weighted by molar-refractivity contribution is 8.16. The number of hydrogen-bond donors (Lipinski definition) is 2. The van der Waals surface area contributed by atoms with Crippen molar-refractivity contribution in [3.8, 4) is 0 Å². The highest BCUT2D eigenvalue weighted by atomic mass is 32.2. The van der Waals surface area contributed by atoms with Crippen LogP contribution >= 0.6 is 11.8 Å². The number of nitrogens with one attached hydrogen (secondary N) is 2. The Labute approximate surface area is 221 Å². The Morgan fingerprint density at radius 3 is 2.41 bits per heavy atom. The number of fused-ring (bicyclic) bond motifs is 1. The summed E-state index contributed by atoms with van der Waals surface area (Å²) in [5, 5.41) is 8.78. The van der Waals surface area contributed by atoms with Gasteiger partial charge >= 0.3 is 0 Å². The molecule has 3 aromatic carbocycles. The summed E-state index contributed by atoms with van der Waals surface area (Å²) in [5.41, 5.74) is 5.89. The zero-order valence-corrected chi connectivity index (χ0v) is 21.6. The molecule has 37 heavy (non-hydrogen) atoms. The van der Waals surface area contributed by atoms with E-state index in [4.69, 9.17) is 4.99 Å². The fourth-order valence-electron chi connectivity index (χ4n) is 4.56. The fraction of sp³-hybridized carbons (Fsp3) is 0.167. The second-order valence-corrected chi connectivity index (χ2v) is 9.90. The number of thioether (sulfide) groups is 1. The number of amidine groups is 1. The molecule has 186 valence electrons. The van der Waals surface area contributed by atoms with Gasteiger partial charge in [0.1, 0.15) is 0 Å². The Balaban J connectivity index is 1.44. The van der Waals surface area contributed by atoms with E-state index in [0.717, 1.165) is 33.2 Å². The molecule has 7 heteroatoms. The van der Waals surface area contributed by atoms with Gasteiger partial charge in [0, 0.05) is 17.9 Å². The van der Waals surface area contributed by atoms with E-state index in [-0.39, 0.29) is 18.2 Å². The number of hydrogen-bond acceptors (Lipinski definition) is 5. The molecule has 6 nitrogen and oxygen atoms in total. The SMILES string of the molecule is CC1=C(C(=O)Nc2ccccc2)C(c2cccc(C)c2)N2C(CC(=O)NCc3ccccc3)=CSC2=N1. The molecule has 2 heterocycles. The third kappa shape index (κ3) is 5.52. The summed E-state index contributed by atoms with van der Waals surface area (Å²) in [4.78, 5) is 33.4. The third-order valence-corrected chi connectivity index (χ3v) is 7.20. The average Bonchev–Trinajstić information content (AvgIpc) is 3.29. The van der Waals surface area contributed by atoms with Crippen LogP contribution in [0.4, 0.5) is 5.69 Å². The predicted octanol–water partition coefficient (Wildman–Crippen LogP) is 5.92. The van der Waals surface area contributed by atoms with Crippen molar-refractivity contribution in [1.82, 2.24) is 10.2 Å². The summed E-state index contributed by atoms with van der Waals surface area (Å²) in [6, 6.07) is 27.0. The summed E-state index contributed by atoms with van der Waals surface area (Å²) in [6.45, 7) is 4.37. The van der Waals surface area contributed by atoms with E-state index in [1.807, 2.05) is 103 Å². The standard InChI is InChI=1S/C30H28N4O2S/c1-20-10-9-13-23(16-20)28-27(29(36)33-24-14-7-4-8-15-24)21(2)32-30-34(28)25(19-37-30)17-26(35)31-18-22-11-5-3-6-12-22/h3-16,19,28H,17-18H2,1-2H3,(H,31,35)(H,33,36). The summed E-state index contributed by atoms with van der Waals surface area (Å²) in [6.07, 6.45) is 0.188. The molecular weight excluding hydrogens is 480 g/mol. The van der Waals surface area contributed by atoms with Gasteiger partial charge in [0.05, 0.1) is 23.7 Å². The lowest BCUT2D eigenvalue weighted by Gasteiger charge is -2.36. The lowest BCUT2D eigenvalue weighted by molar-refractivity contribution is -0.120. The number of carbonyl (C=O) groups excluding carboxylic acids is 2. The quantitative estimate of drug-likeness (QED) is 0.416. The Kier molecular flexibility index (Phi) is 7.23. The first-order valence-electron chi connectivity index (χ1n) is 12.2. The van der Waals surface area contributed by atoms with Gasteiger partial charge in [-0.3, -0.25) is 9.59 Å². The number of aryl methyl sites for hydroxylation is 1. The van der Waals surface area contributed by atoms with Crippen molar-refractivity contribution in [1.29, 1.82) is 0 Å². The normalized spacial score (nSPS) is 16.6. The van der Waals surface area contributed by atoms with Crippen LogP contribution in [0.2, 0.25) is 0 Å². The maximum Gasteiger partial charge on any atom is 0.255 e. The number of para-hydroxylation sites is 1. The van der Waals surface area contributed by atoms with E-state index in [2.05, 4.69) is 16.7 Å². The van der Waals surface area contributed by atoms with Crippen LogP contribution in [0.1, 0.15) is 36.1 Å². The van der Waals surface area contributed by atoms with E-state index < -0.39 is 6.04 Å². The van der Waals surface area contributed by atoms with Crippen molar-refractivity contribution < 1.29 is 9.59 Å². The summed E-state index contributed by atoms with van der Waals surface area (Å²) < 4.78 is 0. The van der Waals surface area contributed by atoms with E-state index >= 15 is 0 Å². The van der Waals surface area contributed by atoms with Gasteiger partial charge in [-0.05, 0) is 42.5 Å². The fourth-order valence-corrected chi connectivity index (χ4v) is 5.52. The highest BCUT2D eigenvalue weighted by Gasteiger charge is 2.40. The second kappa shape index (κ2) is 10.9. The maximum atomic E-state index is 13.7. The minimum atomic E-state index is -0.403. The highest BCUT2D eigenvalue weighted by Crippen LogP contribution is 2.44. The smallest absolute Gasteiger partial charge is 0.255 e. The molecule has 2 aliphatic heterocycles. The van der Waals surface area contributed by atoms with Crippen LogP contribution in [0.5, 0.6) is 0 Å². The largest absolute Gasteiger partial charge is 0.352 e. The number of allylic oxidation sites excluding steroid dienone is 1. The van der Waals surface area contributed by atoms with Gasteiger partial charge in [-0.15, -0.1) is 0 Å². The van der Waals surface area contributed by atoms with Crippen molar-refractivity contribution in [2.45, 2.75) is 32.9 Å². The number of nitrogens with zero attached hydrogens (tertiary/aromatic N) is 2. The zero-order chi connectivity index (χ0) is 25.8. The number of amides is 2.